The standard InChI is InChI=1S/C8H9ClO4/c1-13-8(12)6-4(9)2-3-5(10)7(6)11/h2-3,5,7,10-11H,1H3/t5-,7-/m0/s1. The van der Waals surface area contributed by atoms with Crippen molar-refractivity contribution in [1.82, 2.24) is 0 Å². The summed E-state index contributed by atoms with van der Waals surface area (Å²) in [5.74, 6) is -0.735. The Balaban J connectivity index is 3.02. The average molecular weight is 205 g/mol. The van der Waals surface area contributed by atoms with Gasteiger partial charge < -0.3 is 14.9 Å². The zero-order valence-corrected chi connectivity index (χ0v) is 7.65. The van der Waals surface area contributed by atoms with Crippen molar-refractivity contribution in [3.8, 4) is 0 Å². The van der Waals surface area contributed by atoms with Gasteiger partial charge in [-0.15, -0.1) is 0 Å². The Bertz CT molecular complexity index is 282. The molecule has 72 valence electrons. The third kappa shape index (κ3) is 1.91. The lowest BCUT2D eigenvalue weighted by molar-refractivity contribution is -0.138. The van der Waals surface area contributed by atoms with Crippen LogP contribution in [0.25, 0.3) is 0 Å². The molecular formula is C8H9ClO4. The predicted molar refractivity (Wildman–Crippen MR) is 46.0 cm³/mol. The van der Waals surface area contributed by atoms with Crippen molar-refractivity contribution >= 4 is 17.6 Å². The highest BCUT2D eigenvalue weighted by Gasteiger charge is 2.30. The highest BCUT2D eigenvalue weighted by molar-refractivity contribution is 6.33. The van der Waals surface area contributed by atoms with E-state index in [0.717, 1.165) is 0 Å². The van der Waals surface area contributed by atoms with Crippen molar-refractivity contribution < 1.29 is 19.7 Å². The molecule has 0 aromatic heterocycles. The van der Waals surface area contributed by atoms with Gasteiger partial charge in [0.15, 0.2) is 0 Å². The predicted octanol–water partition coefficient (Wildman–Crippen LogP) is -0.0561. The lowest BCUT2D eigenvalue weighted by atomic mass is 9.99. The number of esters is 1. The molecule has 13 heavy (non-hydrogen) atoms. The average Bonchev–Trinajstić information content (AvgIpc) is 2.12. The number of carbonyl (C=O) groups excluding carboxylic acids is 1. The van der Waals surface area contributed by atoms with Gasteiger partial charge >= 0.3 is 5.97 Å². The molecule has 0 radical (unpaired) electrons. The summed E-state index contributed by atoms with van der Waals surface area (Å²) in [6.07, 6.45) is 0.228. The van der Waals surface area contributed by atoms with Gasteiger partial charge in [0, 0.05) is 0 Å². The Hall–Kier alpha value is -0.840. The first-order chi connectivity index (χ1) is 6.07. The van der Waals surface area contributed by atoms with Gasteiger partial charge in [-0.2, -0.15) is 0 Å². The fourth-order valence-electron chi connectivity index (χ4n) is 1.02. The summed E-state index contributed by atoms with van der Waals surface area (Å²) in [7, 11) is 1.18. The van der Waals surface area contributed by atoms with Gasteiger partial charge in [-0.3, -0.25) is 0 Å². The van der Waals surface area contributed by atoms with E-state index in [2.05, 4.69) is 4.74 Å². The molecule has 0 spiro atoms. The van der Waals surface area contributed by atoms with E-state index in [1.54, 1.807) is 0 Å². The van der Waals surface area contributed by atoms with Gasteiger partial charge in [0.1, 0.15) is 12.2 Å². The van der Waals surface area contributed by atoms with Crippen LogP contribution in [0.15, 0.2) is 22.8 Å². The molecule has 4 nitrogen and oxygen atoms in total. The first-order valence-electron chi connectivity index (χ1n) is 3.60. The van der Waals surface area contributed by atoms with Crippen molar-refractivity contribution in [3.05, 3.63) is 22.8 Å². The largest absolute Gasteiger partial charge is 0.466 e. The number of aliphatic hydroxyl groups excluding tert-OH is 2. The van der Waals surface area contributed by atoms with E-state index in [1.165, 1.54) is 19.3 Å². The number of rotatable bonds is 1. The molecular weight excluding hydrogens is 196 g/mol. The minimum absolute atomic E-state index is 0.0876. The number of aliphatic hydroxyl groups is 2. The van der Waals surface area contributed by atoms with Crippen molar-refractivity contribution in [3.63, 3.8) is 0 Å². The Kier molecular flexibility index (Phi) is 3.08. The van der Waals surface area contributed by atoms with Crippen molar-refractivity contribution in [2.45, 2.75) is 12.2 Å². The molecule has 0 fully saturated rings. The van der Waals surface area contributed by atoms with Crippen LogP contribution in [0.4, 0.5) is 0 Å². The van der Waals surface area contributed by atoms with Crippen LogP contribution in [0, 0.1) is 0 Å². The molecule has 1 rings (SSSR count). The molecule has 0 saturated heterocycles. The summed E-state index contributed by atoms with van der Waals surface area (Å²) in [6, 6.07) is 0. The molecule has 2 N–H and O–H groups in total. The molecule has 0 amide bonds. The van der Waals surface area contributed by atoms with E-state index in [9.17, 15) is 15.0 Å². The summed E-state index contributed by atoms with van der Waals surface area (Å²) in [4.78, 5) is 11.1. The quantitative estimate of drug-likeness (QED) is 0.588. The van der Waals surface area contributed by atoms with E-state index in [4.69, 9.17) is 11.6 Å². The Morgan fingerprint density at radius 2 is 2.23 bits per heavy atom. The van der Waals surface area contributed by atoms with E-state index in [0.29, 0.717) is 0 Å². The van der Waals surface area contributed by atoms with Crippen LogP contribution >= 0.6 is 11.6 Å². The number of halogens is 1. The van der Waals surface area contributed by atoms with Crippen LogP contribution < -0.4 is 0 Å². The number of carbonyl (C=O) groups is 1. The number of hydrogen-bond donors (Lipinski definition) is 2. The van der Waals surface area contributed by atoms with Crippen LogP contribution in [-0.2, 0) is 9.53 Å². The fourth-order valence-corrected chi connectivity index (χ4v) is 1.28. The molecule has 0 unspecified atom stereocenters. The van der Waals surface area contributed by atoms with Gasteiger partial charge in [0.2, 0.25) is 0 Å². The third-order valence-corrected chi connectivity index (χ3v) is 2.05. The van der Waals surface area contributed by atoms with E-state index >= 15 is 0 Å². The Labute approximate surface area is 80.1 Å². The molecule has 0 aliphatic heterocycles. The SMILES string of the molecule is COC(=O)C1=C(Cl)C=C[C@H](O)[C@@H]1O. The van der Waals surface area contributed by atoms with Gasteiger partial charge in [-0.25, -0.2) is 4.79 Å². The highest BCUT2D eigenvalue weighted by atomic mass is 35.5. The van der Waals surface area contributed by atoms with Gasteiger partial charge in [0.25, 0.3) is 0 Å². The monoisotopic (exact) mass is 204 g/mol. The number of allylic oxidation sites excluding steroid dienone is 2. The maximum Gasteiger partial charge on any atom is 0.338 e. The highest BCUT2D eigenvalue weighted by Crippen LogP contribution is 2.23. The van der Waals surface area contributed by atoms with Gasteiger partial charge in [0.05, 0.1) is 17.7 Å². The number of methoxy groups -OCH3 is 1. The van der Waals surface area contributed by atoms with Crippen molar-refractivity contribution in [2.24, 2.45) is 0 Å². The van der Waals surface area contributed by atoms with Crippen molar-refractivity contribution in [2.75, 3.05) is 7.11 Å². The molecule has 0 aromatic carbocycles. The minimum Gasteiger partial charge on any atom is -0.466 e. The minimum atomic E-state index is -1.31. The third-order valence-electron chi connectivity index (χ3n) is 1.72. The zero-order chi connectivity index (χ0) is 10.0. The first-order valence-corrected chi connectivity index (χ1v) is 3.98. The van der Waals surface area contributed by atoms with Crippen LogP contribution in [0.3, 0.4) is 0 Å². The molecule has 0 aromatic rings. The fraction of sp³-hybridized carbons (Fsp3) is 0.375. The van der Waals surface area contributed by atoms with Gasteiger partial charge in [-0.1, -0.05) is 17.7 Å². The normalized spacial score (nSPS) is 27.7. The second-order valence-electron chi connectivity index (χ2n) is 2.55. The van der Waals surface area contributed by atoms with Crippen LogP contribution in [-0.4, -0.2) is 35.5 Å². The number of hydrogen-bond acceptors (Lipinski definition) is 4. The maximum atomic E-state index is 11.1. The molecule has 0 saturated carbocycles. The molecule has 1 aliphatic rings. The second-order valence-corrected chi connectivity index (χ2v) is 2.95. The van der Waals surface area contributed by atoms with Crippen molar-refractivity contribution in [1.29, 1.82) is 0 Å². The smallest absolute Gasteiger partial charge is 0.338 e. The molecule has 0 bridgehead atoms. The molecule has 0 heterocycles. The Morgan fingerprint density at radius 1 is 1.62 bits per heavy atom. The van der Waals surface area contributed by atoms with E-state index < -0.39 is 18.2 Å². The number of ether oxygens (including phenoxy) is 1. The summed E-state index contributed by atoms with van der Waals surface area (Å²) in [5, 5.41) is 18.6. The Morgan fingerprint density at radius 3 is 2.77 bits per heavy atom. The van der Waals surface area contributed by atoms with Crippen LogP contribution in [0.1, 0.15) is 0 Å². The van der Waals surface area contributed by atoms with E-state index in [1.807, 2.05) is 0 Å². The summed E-state index contributed by atoms with van der Waals surface area (Å²) < 4.78 is 4.39. The van der Waals surface area contributed by atoms with Crippen LogP contribution in [0.5, 0.6) is 0 Å². The lowest BCUT2D eigenvalue weighted by Gasteiger charge is -2.20. The summed E-state index contributed by atoms with van der Waals surface area (Å²) >= 11 is 5.64. The van der Waals surface area contributed by atoms with Crippen LogP contribution in [0.2, 0.25) is 0 Å². The second kappa shape index (κ2) is 3.91. The molecule has 5 heteroatoms. The lowest BCUT2D eigenvalue weighted by Crippen LogP contribution is -2.32. The summed E-state index contributed by atoms with van der Waals surface area (Å²) in [6.45, 7) is 0. The van der Waals surface area contributed by atoms with E-state index in [-0.39, 0.29) is 10.6 Å². The first kappa shape index (κ1) is 10.2. The topological polar surface area (TPSA) is 66.8 Å². The molecule has 2 atom stereocenters. The molecule has 1 aliphatic carbocycles. The van der Waals surface area contributed by atoms with Gasteiger partial charge in [-0.05, 0) is 6.08 Å². The summed E-state index contributed by atoms with van der Waals surface area (Å²) in [5.41, 5.74) is -0.112. The zero-order valence-electron chi connectivity index (χ0n) is 6.90. The maximum absolute atomic E-state index is 11.1.